The molecule has 0 radical (unpaired) electrons. The van der Waals surface area contributed by atoms with Gasteiger partial charge in [-0.15, -0.1) is 0 Å². The summed E-state index contributed by atoms with van der Waals surface area (Å²) in [4.78, 5) is 27.2. The number of hydrogen-bond donors (Lipinski definition) is 1. The van der Waals surface area contributed by atoms with Crippen molar-refractivity contribution in [1.29, 1.82) is 0 Å². The van der Waals surface area contributed by atoms with Crippen LogP contribution < -0.4 is 0 Å². The van der Waals surface area contributed by atoms with Gasteiger partial charge in [0.15, 0.2) is 9.84 Å². The van der Waals surface area contributed by atoms with E-state index in [9.17, 15) is 23.1 Å². The van der Waals surface area contributed by atoms with Crippen LogP contribution in [-0.4, -0.2) is 52.9 Å². The van der Waals surface area contributed by atoms with Crippen molar-refractivity contribution in [2.45, 2.75) is 69.1 Å². The number of ether oxygens (including phenoxy) is 1. The van der Waals surface area contributed by atoms with Gasteiger partial charge in [0.2, 0.25) is 0 Å². The van der Waals surface area contributed by atoms with Gasteiger partial charge in [0.1, 0.15) is 12.2 Å². The van der Waals surface area contributed by atoms with Crippen molar-refractivity contribution >= 4 is 44.9 Å². The molecule has 1 heterocycles. The topological polar surface area (TPSA) is 101 Å². The number of aliphatic carboxylic acids is 1. The molecule has 1 saturated heterocycles. The molecule has 0 bridgehead atoms. The molecule has 4 rings (SSSR count). The van der Waals surface area contributed by atoms with Crippen molar-refractivity contribution in [3.05, 3.63) is 69.7 Å². The van der Waals surface area contributed by atoms with Gasteiger partial charge in [0.05, 0.1) is 23.0 Å². The highest BCUT2D eigenvalue weighted by Crippen LogP contribution is 2.48. The van der Waals surface area contributed by atoms with E-state index in [2.05, 4.69) is 0 Å². The van der Waals surface area contributed by atoms with E-state index in [1.807, 2.05) is 6.07 Å². The average Bonchev–Trinajstić information content (AvgIpc) is 3.64. The van der Waals surface area contributed by atoms with E-state index >= 15 is 0 Å². The van der Waals surface area contributed by atoms with Gasteiger partial charge in [-0.25, -0.2) is 8.42 Å². The van der Waals surface area contributed by atoms with E-state index in [0.717, 1.165) is 12.8 Å². The van der Waals surface area contributed by atoms with Crippen LogP contribution in [0.5, 0.6) is 0 Å². The minimum atomic E-state index is -3.61. The van der Waals surface area contributed by atoms with E-state index in [4.69, 9.17) is 27.9 Å². The highest BCUT2D eigenvalue weighted by atomic mass is 35.5. The van der Waals surface area contributed by atoms with Crippen molar-refractivity contribution in [1.82, 2.24) is 4.90 Å². The fourth-order valence-electron chi connectivity index (χ4n) is 4.76. The zero-order chi connectivity index (χ0) is 27.1. The summed E-state index contributed by atoms with van der Waals surface area (Å²) in [6.07, 6.45) is -1.02. The van der Waals surface area contributed by atoms with Crippen LogP contribution in [-0.2, 0) is 24.2 Å². The highest BCUT2D eigenvalue weighted by molar-refractivity contribution is 7.92. The quantitative estimate of drug-likeness (QED) is 0.453. The molecule has 1 N–H and O–H groups in total. The molecule has 2 aliphatic rings. The van der Waals surface area contributed by atoms with Crippen LogP contribution in [0.3, 0.4) is 0 Å². The molecule has 1 aliphatic carbocycles. The number of sulfone groups is 1. The SMILES string of the molecule is CC(C)(C)S(=O)(=O)CC(C1CC1)N1C(=O)C(CC(=O)O)OC(c2cccc(Cl)c2)C1c1ccc(Cl)cc1. The Morgan fingerprint density at radius 2 is 1.73 bits per heavy atom. The standard InChI is InChI=1S/C27H31Cl2NO6S/c1-27(2,3)37(34,35)15-21(16-7-8-16)30-24(17-9-11-19(28)12-10-17)25(18-5-4-6-20(29)13-18)36-22(26(30)33)14-23(31)32/h4-6,9-13,16,21-22,24-25H,7-8,14-15H2,1-3H3,(H,31,32). The molecule has 1 amide bonds. The molecule has 4 unspecified atom stereocenters. The number of benzene rings is 2. The Morgan fingerprint density at radius 3 is 2.27 bits per heavy atom. The molecule has 2 fully saturated rings. The van der Waals surface area contributed by atoms with E-state index in [0.29, 0.717) is 21.2 Å². The number of rotatable bonds is 8. The summed E-state index contributed by atoms with van der Waals surface area (Å²) in [7, 11) is -3.61. The molecular weight excluding hydrogens is 537 g/mol. The molecular formula is C27H31Cl2NO6S. The molecule has 1 saturated carbocycles. The summed E-state index contributed by atoms with van der Waals surface area (Å²) >= 11 is 12.5. The second-order valence-electron chi connectivity index (χ2n) is 10.7. The first-order valence-corrected chi connectivity index (χ1v) is 14.6. The predicted octanol–water partition coefficient (Wildman–Crippen LogP) is 5.47. The second-order valence-corrected chi connectivity index (χ2v) is 14.4. The van der Waals surface area contributed by atoms with Gasteiger partial charge >= 0.3 is 5.97 Å². The fraction of sp³-hybridized carbons (Fsp3) is 0.481. The van der Waals surface area contributed by atoms with E-state index < -0.39 is 57.2 Å². The van der Waals surface area contributed by atoms with Crippen LogP contribution in [0.1, 0.15) is 63.3 Å². The second kappa shape index (κ2) is 10.6. The predicted molar refractivity (Wildman–Crippen MR) is 142 cm³/mol. The summed E-state index contributed by atoms with van der Waals surface area (Å²) in [5.74, 6) is -1.95. The van der Waals surface area contributed by atoms with E-state index in [-0.39, 0.29) is 11.7 Å². The Balaban J connectivity index is 1.89. The van der Waals surface area contributed by atoms with Gasteiger partial charge in [0.25, 0.3) is 5.91 Å². The Kier molecular flexibility index (Phi) is 7.96. The summed E-state index contributed by atoms with van der Waals surface area (Å²) in [5, 5.41) is 10.5. The van der Waals surface area contributed by atoms with Crippen molar-refractivity contribution in [3.63, 3.8) is 0 Å². The normalized spacial score (nSPS) is 23.6. The molecule has 0 aromatic heterocycles. The molecule has 10 heteroatoms. The number of halogens is 2. The zero-order valence-electron chi connectivity index (χ0n) is 20.9. The summed E-state index contributed by atoms with van der Waals surface area (Å²) in [6.45, 7) is 4.93. The lowest BCUT2D eigenvalue weighted by molar-refractivity contribution is -0.183. The van der Waals surface area contributed by atoms with E-state index in [1.54, 1.807) is 68.1 Å². The first-order chi connectivity index (χ1) is 17.3. The van der Waals surface area contributed by atoms with Gasteiger partial charge in [0, 0.05) is 16.1 Å². The maximum absolute atomic E-state index is 14.0. The molecule has 200 valence electrons. The third-order valence-electron chi connectivity index (χ3n) is 7.02. The summed E-state index contributed by atoms with van der Waals surface area (Å²) in [6, 6.07) is 12.6. The number of nitrogens with zero attached hydrogens (tertiary/aromatic N) is 1. The number of morpholine rings is 1. The van der Waals surface area contributed by atoms with Crippen LogP contribution in [0.25, 0.3) is 0 Å². The van der Waals surface area contributed by atoms with Crippen LogP contribution in [0.4, 0.5) is 0 Å². The third kappa shape index (κ3) is 6.14. The Morgan fingerprint density at radius 1 is 1.08 bits per heavy atom. The minimum Gasteiger partial charge on any atom is -0.481 e. The van der Waals surface area contributed by atoms with Gasteiger partial charge < -0.3 is 14.7 Å². The van der Waals surface area contributed by atoms with Crippen molar-refractivity contribution in [2.24, 2.45) is 5.92 Å². The zero-order valence-corrected chi connectivity index (χ0v) is 23.3. The monoisotopic (exact) mass is 567 g/mol. The average molecular weight is 569 g/mol. The number of carbonyl (C=O) groups excluding carboxylic acids is 1. The lowest BCUT2D eigenvalue weighted by Gasteiger charge is -2.48. The first kappa shape index (κ1) is 27.9. The number of carbonyl (C=O) groups is 2. The van der Waals surface area contributed by atoms with E-state index in [1.165, 1.54) is 0 Å². The van der Waals surface area contributed by atoms with Crippen molar-refractivity contribution < 1.29 is 27.9 Å². The first-order valence-electron chi connectivity index (χ1n) is 12.2. The van der Waals surface area contributed by atoms with Crippen LogP contribution in [0.15, 0.2) is 48.5 Å². The molecule has 1 aliphatic heterocycles. The Hall–Kier alpha value is -2.13. The molecule has 4 atom stereocenters. The lowest BCUT2D eigenvalue weighted by Crippen LogP contribution is -2.58. The highest BCUT2D eigenvalue weighted by Gasteiger charge is 2.52. The van der Waals surface area contributed by atoms with Crippen molar-refractivity contribution in [2.75, 3.05) is 5.75 Å². The van der Waals surface area contributed by atoms with Crippen LogP contribution >= 0.6 is 23.2 Å². The third-order valence-corrected chi connectivity index (χ3v) is 10.2. The number of carboxylic acid groups (broad SMARTS) is 1. The number of amides is 1. The van der Waals surface area contributed by atoms with Gasteiger partial charge in [-0.1, -0.05) is 47.5 Å². The maximum Gasteiger partial charge on any atom is 0.306 e. The van der Waals surface area contributed by atoms with Gasteiger partial charge in [-0.2, -0.15) is 0 Å². The molecule has 2 aromatic carbocycles. The van der Waals surface area contributed by atoms with Crippen molar-refractivity contribution in [3.8, 4) is 0 Å². The van der Waals surface area contributed by atoms with Crippen LogP contribution in [0.2, 0.25) is 10.0 Å². The summed E-state index contributed by atoms with van der Waals surface area (Å²) < 4.78 is 32.0. The lowest BCUT2D eigenvalue weighted by atomic mass is 9.89. The fourth-order valence-corrected chi connectivity index (χ4v) is 6.47. The minimum absolute atomic E-state index is 0.0144. The molecule has 37 heavy (non-hydrogen) atoms. The Labute approximate surface area is 227 Å². The van der Waals surface area contributed by atoms with Gasteiger partial charge in [-0.3, -0.25) is 9.59 Å². The largest absolute Gasteiger partial charge is 0.481 e. The summed E-state index contributed by atoms with van der Waals surface area (Å²) in [5.41, 5.74) is 1.36. The number of carboxylic acids is 1. The smallest absolute Gasteiger partial charge is 0.306 e. The van der Waals surface area contributed by atoms with Crippen LogP contribution in [0, 0.1) is 5.92 Å². The molecule has 7 nitrogen and oxygen atoms in total. The maximum atomic E-state index is 14.0. The van der Waals surface area contributed by atoms with Gasteiger partial charge in [-0.05, 0) is 74.9 Å². The number of hydrogen-bond acceptors (Lipinski definition) is 5. The molecule has 0 spiro atoms. The Bertz CT molecular complexity index is 1270. The molecule has 2 aromatic rings.